The van der Waals surface area contributed by atoms with E-state index in [0.29, 0.717) is 33.9 Å². The van der Waals surface area contributed by atoms with Crippen LogP contribution in [0.25, 0.3) is 22.3 Å². The van der Waals surface area contributed by atoms with E-state index in [1.165, 1.54) is 12.1 Å². The van der Waals surface area contributed by atoms with E-state index >= 15 is 0 Å². The van der Waals surface area contributed by atoms with Crippen LogP contribution in [0.5, 0.6) is 11.5 Å². The summed E-state index contributed by atoms with van der Waals surface area (Å²) < 4.78 is 16.8. The quantitative estimate of drug-likeness (QED) is 0.286. The Hall–Kier alpha value is -3.84. The molecule has 0 bridgehead atoms. The van der Waals surface area contributed by atoms with Crippen LogP contribution in [0.1, 0.15) is 0 Å². The molecule has 1 aromatic heterocycles. The molecule has 0 saturated heterocycles. The molecule has 8 heteroatoms. The van der Waals surface area contributed by atoms with Gasteiger partial charge in [0.2, 0.25) is 0 Å². The van der Waals surface area contributed by atoms with Gasteiger partial charge in [-0.25, -0.2) is 4.99 Å². The van der Waals surface area contributed by atoms with Gasteiger partial charge in [-0.2, -0.15) is 0 Å². The minimum Gasteiger partial charge on any atom is -0.493 e. The summed E-state index contributed by atoms with van der Waals surface area (Å²) in [5, 5.41) is 12.7. The number of hydrogen-bond donors (Lipinski definition) is 0. The van der Waals surface area contributed by atoms with Crippen molar-refractivity contribution in [3.8, 4) is 22.8 Å². The number of methoxy groups -OCH3 is 2. The molecule has 0 radical (unpaired) electrons. The van der Waals surface area contributed by atoms with Gasteiger partial charge in [0.25, 0.3) is 5.69 Å². The fourth-order valence-electron chi connectivity index (χ4n) is 3.19. The number of nitro benzene ring substituents is 1. The monoisotopic (exact) mass is 436 g/mol. The van der Waals surface area contributed by atoms with Crippen molar-refractivity contribution in [1.29, 1.82) is 0 Å². The summed E-state index contributed by atoms with van der Waals surface area (Å²) in [5.41, 5.74) is 1.60. The van der Waals surface area contributed by atoms with E-state index in [-0.39, 0.29) is 10.7 Å². The summed E-state index contributed by atoms with van der Waals surface area (Å²) >= 11 is 5.93. The molecule has 3 aromatic carbocycles. The Kier molecular flexibility index (Phi) is 5.60. The van der Waals surface area contributed by atoms with Gasteiger partial charge in [-0.3, -0.25) is 10.1 Å². The summed E-state index contributed by atoms with van der Waals surface area (Å²) in [6, 6.07) is 19.1. The molecule has 0 aliphatic heterocycles. The number of benzene rings is 3. The van der Waals surface area contributed by atoms with Gasteiger partial charge in [0.15, 0.2) is 11.5 Å². The average molecular weight is 437 g/mol. The normalized spacial score (nSPS) is 11.5. The smallest absolute Gasteiger partial charge is 0.290 e. The molecule has 0 amide bonds. The first-order valence-corrected chi connectivity index (χ1v) is 9.62. The van der Waals surface area contributed by atoms with Crippen molar-refractivity contribution in [3.63, 3.8) is 0 Å². The van der Waals surface area contributed by atoms with E-state index in [1.54, 1.807) is 32.4 Å². The third-order valence-corrected chi connectivity index (χ3v) is 5.01. The number of ether oxygens (including phenoxy) is 2. The highest BCUT2D eigenvalue weighted by Crippen LogP contribution is 2.33. The van der Waals surface area contributed by atoms with Crippen LogP contribution >= 0.6 is 11.6 Å². The van der Waals surface area contributed by atoms with Gasteiger partial charge in [0.1, 0.15) is 16.4 Å². The van der Waals surface area contributed by atoms with Gasteiger partial charge in [-0.15, -0.1) is 0 Å². The van der Waals surface area contributed by atoms with E-state index in [1.807, 2.05) is 36.4 Å². The first kappa shape index (κ1) is 20.4. The Morgan fingerprint density at radius 2 is 1.74 bits per heavy atom. The summed E-state index contributed by atoms with van der Waals surface area (Å²) in [6.45, 7) is 0. The van der Waals surface area contributed by atoms with Crippen molar-refractivity contribution in [3.05, 3.63) is 87.2 Å². The molecule has 4 rings (SSSR count). The summed E-state index contributed by atoms with van der Waals surface area (Å²) in [5.74, 6) is 1.72. The van der Waals surface area contributed by atoms with Crippen LogP contribution in [0.4, 0.5) is 11.4 Å². The second-order valence-corrected chi connectivity index (χ2v) is 6.97. The number of rotatable bonds is 5. The molecule has 0 saturated carbocycles. The lowest BCUT2D eigenvalue weighted by Gasteiger charge is -2.10. The standard InChI is InChI=1S/C23H17ClN2O5/c1-29-21-10-7-14(11-23(21)30-2)22-13-18(16-5-3-4-6-20(16)31-22)25-15-8-9-17(24)19(12-15)26(27)28/h3-13H,1-2H3. The van der Waals surface area contributed by atoms with Gasteiger partial charge in [-0.05, 0) is 42.5 Å². The molecule has 7 nitrogen and oxygen atoms in total. The lowest BCUT2D eigenvalue weighted by molar-refractivity contribution is -0.384. The highest BCUT2D eigenvalue weighted by Gasteiger charge is 2.13. The Morgan fingerprint density at radius 3 is 2.48 bits per heavy atom. The van der Waals surface area contributed by atoms with E-state index in [4.69, 9.17) is 25.5 Å². The molecule has 156 valence electrons. The first-order chi connectivity index (χ1) is 15.0. The molecule has 0 aliphatic rings. The first-order valence-electron chi connectivity index (χ1n) is 9.24. The van der Waals surface area contributed by atoms with Crippen molar-refractivity contribution in [1.82, 2.24) is 0 Å². The Labute approximate surface area is 182 Å². The summed E-state index contributed by atoms with van der Waals surface area (Å²) in [4.78, 5) is 15.3. The van der Waals surface area contributed by atoms with Crippen molar-refractivity contribution in [2.75, 3.05) is 14.2 Å². The second kappa shape index (κ2) is 8.49. The molecule has 31 heavy (non-hydrogen) atoms. The summed E-state index contributed by atoms with van der Waals surface area (Å²) in [6.07, 6.45) is 0. The van der Waals surface area contributed by atoms with E-state index in [0.717, 1.165) is 10.9 Å². The van der Waals surface area contributed by atoms with Crippen LogP contribution in [0.2, 0.25) is 5.02 Å². The van der Waals surface area contributed by atoms with Crippen LogP contribution in [-0.4, -0.2) is 19.1 Å². The molecule has 0 atom stereocenters. The second-order valence-electron chi connectivity index (χ2n) is 6.57. The fourth-order valence-corrected chi connectivity index (χ4v) is 3.38. The maximum absolute atomic E-state index is 11.2. The van der Waals surface area contributed by atoms with Crippen molar-refractivity contribution < 1.29 is 18.8 Å². The number of para-hydroxylation sites is 1. The van der Waals surface area contributed by atoms with Gasteiger partial charge in [-0.1, -0.05) is 23.7 Å². The number of hydrogen-bond acceptors (Lipinski definition) is 6. The van der Waals surface area contributed by atoms with Crippen molar-refractivity contribution >= 4 is 33.9 Å². The van der Waals surface area contributed by atoms with Crippen LogP contribution < -0.4 is 14.8 Å². The Morgan fingerprint density at radius 1 is 0.968 bits per heavy atom. The van der Waals surface area contributed by atoms with Gasteiger partial charge in [0.05, 0.1) is 30.2 Å². The zero-order valence-corrected chi connectivity index (χ0v) is 17.4. The highest BCUT2D eigenvalue weighted by molar-refractivity contribution is 6.32. The highest BCUT2D eigenvalue weighted by atomic mass is 35.5. The SMILES string of the molecule is COc1ccc(-c2cc(=Nc3ccc(Cl)c([N+](=O)[O-])c3)c3ccccc3o2)cc1OC. The lowest BCUT2D eigenvalue weighted by atomic mass is 10.1. The third-order valence-electron chi connectivity index (χ3n) is 4.69. The number of nitro groups is 1. The summed E-state index contributed by atoms with van der Waals surface area (Å²) in [7, 11) is 3.13. The largest absolute Gasteiger partial charge is 0.493 e. The fraction of sp³-hybridized carbons (Fsp3) is 0.0870. The van der Waals surface area contributed by atoms with E-state index in [2.05, 4.69) is 4.99 Å². The van der Waals surface area contributed by atoms with Crippen molar-refractivity contribution in [2.24, 2.45) is 4.99 Å². The zero-order chi connectivity index (χ0) is 22.0. The minimum absolute atomic E-state index is 0.0582. The van der Waals surface area contributed by atoms with E-state index < -0.39 is 4.92 Å². The lowest BCUT2D eigenvalue weighted by Crippen LogP contribution is -2.03. The van der Waals surface area contributed by atoms with Crippen LogP contribution in [0.3, 0.4) is 0 Å². The minimum atomic E-state index is -0.533. The predicted molar refractivity (Wildman–Crippen MR) is 118 cm³/mol. The van der Waals surface area contributed by atoms with Gasteiger partial charge in [0, 0.05) is 23.1 Å². The van der Waals surface area contributed by atoms with Crippen LogP contribution in [0.15, 0.2) is 76.1 Å². The Balaban J connectivity index is 1.94. The molecule has 0 unspecified atom stereocenters. The molecule has 0 aliphatic carbocycles. The predicted octanol–water partition coefficient (Wildman–Crippen LogP) is 5.91. The molecule has 0 N–H and O–H groups in total. The molecule has 0 spiro atoms. The number of nitrogens with zero attached hydrogens (tertiary/aromatic N) is 2. The van der Waals surface area contributed by atoms with Crippen LogP contribution in [-0.2, 0) is 0 Å². The molecule has 4 aromatic rings. The molecular weight excluding hydrogens is 420 g/mol. The molecular formula is C23H17ClN2O5. The van der Waals surface area contributed by atoms with Gasteiger partial charge >= 0.3 is 0 Å². The third kappa shape index (κ3) is 4.08. The molecule has 1 heterocycles. The maximum atomic E-state index is 11.2. The van der Waals surface area contributed by atoms with E-state index in [9.17, 15) is 10.1 Å². The Bertz CT molecular complexity index is 1360. The van der Waals surface area contributed by atoms with Gasteiger partial charge < -0.3 is 13.9 Å². The average Bonchev–Trinajstić information content (AvgIpc) is 2.79. The topological polar surface area (TPSA) is 87.1 Å². The molecule has 0 fully saturated rings. The van der Waals surface area contributed by atoms with Crippen molar-refractivity contribution in [2.45, 2.75) is 0 Å². The number of halogens is 1. The van der Waals surface area contributed by atoms with Crippen LogP contribution in [0, 0.1) is 10.1 Å². The maximum Gasteiger partial charge on any atom is 0.290 e. The number of fused-ring (bicyclic) bond motifs is 1. The zero-order valence-electron chi connectivity index (χ0n) is 16.7.